The SMILES string of the molecule is CC(NCc1ccccc1OC(F)(F)F)OC(C)Oc1ccc2nc(/C=C/c3ccc(N(C)C)cc3)sc2c1. The van der Waals surface area contributed by atoms with E-state index >= 15 is 0 Å². The summed E-state index contributed by atoms with van der Waals surface area (Å²) in [7, 11) is 4.02. The third-order valence-corrected chi connectivity index (χ3v) is 6.66. The van der Waals surface area contributed by atoms with Crippen LogP contribution in [0.25, 0.3) is 22.4 Å². The highest BCUT2D eigenvalue weighted by atomic mass is 32.1. The summed E-state index contributed by atoms with van der Waals surface area (Å²) >= 11 is 1.56. The molecule has 2 atom stereocenters. The zero-order valence-electron chi connectivity index (χ0n) is 22.0. The van der Waals surface area contributed by atoms with Crippen LogP contribution in [0.1, 0.15) is 30.0 Å². The standard InChI is InChI=1S/C29H30F3N3O3S/c1-19(33-18-22-7-5-6-8-26(22)38-29(30,31)32)36-20(2)37-24-14-15-25-27(17-24)39-28(34-25)16-11-21-9-12-23(13-10-21)35(3)4/h5-17,19-20,33H,18H2,1-4H3/b16-11+. The fourth-order valence-corrected chi connectivity index (χ4v) is 4.70. The van der Waals surface area contributed by atoms with Crippen LogP contribution in [0.15, 0.2) is 66.7 Å². The summed E-state index contributed by atoms with van der Waals surface area (Å²) in [4.78, 5) is 6.73. The highest BCUT2D eigenvalue weighted by molar-refractivity contribution is 7.19. The molecule has 0 aliphatic rings. The summed E-state index contributed by atoms with van der Waals surface area (Å²) in [6.45, 7) is 3.64. The highest BCUT2D eigenvalue weighted by Crippen LogP contribution is 2.29. The first kappa shape index (κ1) is 28.4. The van der Waals surface area contributed by atoms with E-state index < -0.39 is 18.9 Å². The summed E-state index contributed by atoms with van der Waals surface area (Å²) < 4.78 is 54.8. The van der Waals surface area contributed by atoms with Crippen molar-refractivity contribution in [3.63, 3.8) is 0 Å². The van der Waals surface area contributed by atoms with E-state index in [0.29, 0.717) is 11.3 Å². The van der Waals surface area contributed by atoms with E-state index in [4.69, 9.17) is 9.47 Å². The smallest absolute Gasteiger partial charge is 0.465 e. The number of aromatic nitrogens is 1. The third-order valence-electron chi connectivity index (χ3n) is 5.68. The van der Waals surface area contributed by atoms with Gasteiger partial charge in [-0.2, -0.15) is 0 Å². The predicted octanol–water partition coefficient (Wildman–Crippen LogP) is 7.31. The molecule has 0 spiro atoms. The van der Waals surface area contributed by atoms with Crippen molar-refractivity contribution in [2.75, 3.05) is 19.0 Å². The average Bonchev–Trinajstić information content (AvgIpc) is 3.28. The van der Waals surface area contributed by atoms with Crippen molar-refractivity contribution < 1.29 is 27.4 Å². The van der Waals surface area contributed by atoms with Crippen molar-refractivity contribution >= 4 is 39.4 Å². The minimum Gasteiger partial charge on any atom is -0.465 e. The molecule has 0 fully saturated rings. The zero-order valence-corrected chi connectivity index (χ0v) is 22.8. The van der Waals surface area contributed by atoms with Gasteiger partial charge in [0, 0.05) is 31.9 Å². The second kappa shape index (κ2) is 12.5. The van der Waals surface area contributed by atoms with Gasteiger partial charge in [-0.15, -0.1) is 24.5 Å². The van der Waals surface area contributed by atoms with E-state index in [2.05, 4.69) is 44.2 Å². The number of fused-ring (bicyclic) bond motifs is 1. The van der Waals surface area contributed by atoms with Crippen molar-refractivity contribution in [1.82, 2.24) is 10.3 Å². The van der Waals surface area contributed by atoms with Crippen LogP contribution in [-0.4, -0.2) is 38.0 Å². The maximum atomic E-state index is 12.6. The minimum absolute atomic E-state index is 0.128. The van der Waals surface area contributed by atoms with Crippen molar-refractivity contribution in [3.05, 3.63) is 82.9 Å². The Morgan fingerprint density at radius 1 is 1.00 bits per heavy atom. The molecular weight excluding hydrogens is 527 g/mol. The molecule has 0 radical (unpaired) electrons. The number of alkyl halides is 3. The van der Waals surface area contributed by atoms with Crippen LogP contribution in [0.4, 0.5) is 18.9 Å². The molecule has 0 bridgehead atoms. The van der Waals surface area contributed by atoms with Gasteiger partial charge < -0.3 is 19.1 Å². The Labute approximate surface area is 229 Å². The molecule has 206 valence electrons. The number of benzene rings is 3. The van der Waals surface area contributed by atoms with Crippen LogP contribution in [0.3, 0.4) is 0 Å². The normalized spacial score (nSPS) is 13.5. The summed E-state index contributed by atoms with van der Waals surface area (Å²) in [6.07, 6.45) is -1.83. The van der Waals surface area contributed by atoms with E-state index in [1.54, 1.807) is 37.3 Å². The van der Waals surface area contributed by atoms with Crippen molar-refractivity contribution in [2.24, 2.45) is 0 Å². The van der Waals surface area contributed by atoms with Gasteiger partial charge in [-0.25, -0.2) is 4.98 Å². The van der Waals surface area contributed by atoms with Crippen molar-refractivity contribution in [3.8, 4) is 11.5 Å². The molecule has 0 aliphatic carbocycles. The molecule has 0 saturated heterocycles. The van der Waals surface area contributed by atoms with Gasteiger partial charge in [0.2, 0.25) is 0 Å². The Kier molecular flexibility index (Phi) is 9.11. The summed E-state index contributed by atoms with van der Waals surface area (Å²) in [5, 5.41) is 3.93. The molecule has 1 heterocycles. The molecule has 2 unspecified atom stereocenters. The summed E-state index contributed by atoms with van der Waals surface area (Å²) in [6, 6.07) is 19.9. The highest BCUT2D eigenvalue weighted by Gasteiger charge is 2.32. The first-order valence-corrected chi connectivity index (χ1v) is 13.1. The maximum Gasteiger partial charge on any atom is 0.573 e. The number of nitrogens with one attached hydrogen (secondary N) is 1. The first-order valence-electron chi connectivity index (χ1n) is 12.3. The molecule has 0 saturated carbocycles. The molecule has 10 heteroatoms. The second-order valence-corrected chi connectivity index (χ2v) is 10.1. The van der Waals surface area contributed by atoms with Gasteiger partial charge in [0.15, 0.2) is 6.29 Å². The Bertz CT molecular complexity index is 1400. The van der Waals surface area contributed by atoms with Gasteiger partial charge in [0.25, 0.3) is 0 Å². The largest absolute Gasteiger partial charge is 0.573 e. The molecule has 4 aromatic rings. The van der Waals surface area contributed by atoms with E-state index in [0.717, 1.165) is 26.5 Å². The number of thiazole rings is 1. The molecule has 6 nitrogen and oxygen atoms in total. The van der Waals surface area contributed by atoms with E-state index in [9.17, 15) is 13.2 Å². The fourth-order valence-electron chi connectivity index (χ4n) is 3.80. The van der Waals surface area contributed by atoms with Gasteiger partial charge >= 0.3 is 6.36 Å². The topological polar surface area (TPSA) is 55.9 Å². The quantitative estimate of drug-likeness (QED) is 0.195. The number of nitrogens with zero attached hydrogens (tertiary/aromatic N) is 2. The van der Waals surface area contributed by atoms with Crippen LogP contribution >= 0.6 is 11.3 Å². The number of anilines is 1. The van der Waals surface area contributed by atoms with Crippen LogP contribution in [0, 0.1) is 0 Å². The van der Waals surface area contributed by atoms with Gasteiger partial charge in [-0.1, -0.05) is 36.4 Å². The molecule has 0 amide bonds. The lowest BCUT2D eigenvalue weighted by Crippen LogP contribution is -2.33. The predicted molar refractivity (Wildman–Crippen MR) is 150 cm³/mol. The average molecular weight is 558 g/mol. The number of rotatable bonds is 11. The monoisotopic (exact) mass is 557 g/mol. The summed E-state index contributed by atoms with van der Waals surface area (Å²) in [5.74, 6) is 0.382. The number of hydrogen-bond acceptors (Lipinski definition) is 7. The molecule has 3 aromatic carbocycles. The molecule has 1 aromatic heterocycles. The molecule has 1 N–H and O–H groups in total. The Morgan fingerprint density at radius 2 is 1.74 bits per heavy atom. The minimum atomic E-state index is -4.75. The zero-order chi connectivity index (χ0) is 28.0. The van der Waals surface area contributed by atoms with Crippen molar-refractivity contribution in [2.45, 2.75) is 39.3 Å². The molecule has 4 rings (SSSR count). The molecule has 39 heavy (non-hydrogen) atoms. The van der Waals surface area contributed by atoms with Gasteiger partial charge in [0.05, 0.1) is 10.2 Å². The summed E-state index contributed by atoms with van der Waals surface area (Å²) in [5.41, 5.74) is 3.47. The molecule has 0 aliphatic heterocycles. The fraction of sp³-hybridized carbons (Fsp3) is 0.276. The number of halogens is 3. The first-order chi connectivity index (χ1) is 18.6. The number of para-hydroxylation sites is 1. The number of hydrogen-bond donors (Lipinski definition) is 1. The van der Waals surface area contributed by atoms with Crippen LogP contribution in [-0.2, 0) is 11.3 Å². The molecular formula is C29H30F3N3O3S. The maximum absolute atomic E-state index is 12.6. The van der Waals surface area contributed by atoms with Gasteiger partial charge in [0.1, 0.15) is 22.7 Å². The lowest BCUT2D eigenvalue weighted by molar-refractivity contribution is -0.274. The van der Waals surface area contributed by atoms with Gasteiger partial charge in [-0.05, 0) is 61.9 Å². The van der Waals surface area contributed by atoms with Crippen LogP contribution < -0.4 is 19.7 Å². The lowest BCUT2D eigenvalue weighted by atomic mass is 10.2. The van der Waals surface area contributed by atoms with Crippen molar-refractivity contribution in [1.29, 1.82) is 0 Å². The van der Waals surface area contributed by atoms with E-state index in [1.165, 1.54) is 12.1 Å². The van der Waals surface area contributed by atoms with Crippen LogP contribution in [0.2, 0.25) is 0 Å². The van der Waals surface area contributed by atoms with E-state index in [-0.39, 0.29) is 12.3 Å². The third kappa shape index (κ3) is 8.44. The lowest BCUT2D eigenvalue weighted by Gasteiger charge is -2.22. The van der Waals surface area contributed by atoms with Crippen LogP contribution in [0.5, 0.6) is 11.5 Å². The second-order valence-electron chi connectivity index (χ2n) is 9.00. The Hall–Kier alpha value is -3.60. The number of ether oxygens (including phenoxy) is 3. The van der Waals surface area contributed by atoms with E-state index in [1.807, 2.05) is 44.4 Å². The Morgan fingerprint density at radius 3 is 2.46 bits per heavy atom. The van der Waals surface area contributed by atoms with Gasteiger partial charge in [-0.3, -0.25) is 5.32 Å². The Balaban J connectivity index is 1.31.